The number of aryl methyl sites for hydroxylation is 1. The van der Waals surface area contributed by atoms with Crippen LogP contribution in [0.15, 0.2) is 35.2 Å². The van der Waals surface area contributed by atoms with Crippen molar-refractivity contribution in [3.05, 3.63) is 56.4 Å². The molecule has 0 spiro atoms. The number of benzene rings is 1. The van der Waals surface area contributed by atoms with Crippen LogP contribution in [0.25, 0.3) is 6.08 Å². The van der Waals surface area contributed by atoms with Crippen molar-refractivity contribution in [1.29, 1.82) is 0 Å². The van der Waals surface area contributed by atoms with Crippen molar-refractivity contribution in [2.75, 3.05) is 13.1 Å². The van der Waals surface area contributed by atoms with Crippen LogP contribution in [0, 0.1) is 6.92 Å². The summed E-state index contributed by atoms with van der Waals surface area (Å²) in [5.41, 5.74) is 1.56. The minimum absolute atomic E-state index is 0.136. The summed E-state index contributed by atoms with van der Waals surface area (Å²) >= 11 is 2.30. The Balaban J connectivity index is 1.59. The summed E-state index contributed by atoms with van der Waals surface area (Å²) in [6.45, 7) is 6.20. The molecule has 1 aromatic carbocycles. The van der Waals surface area contributed by atoms with Crippen molar-refractivity contribution < 1.29 is 14.4 Å². The molecule has 1 aliphatic heterocycles. The molecule has 3 rings (SSSR count). The van der Waals surface area contributed by atoms with Gasteiger partial charge < -0.3 is 5.32 Å². The maximum atomic E-state index is 12.5. The third-order valence-electron chi connectivity index (χ3n) is 4.11. The molecule has 2 aromatic rings. The standard InChI is InChI=1S/C20H21N3O3S2/c1-12(2)18-22-13(3)16(28-18)17(24)21-9-10-23-19(25)15(27-20(23)26)11-14-7-5-4-6-8-14/h4-8,11-12H,9-10H2,1-3H3,(H,21,24)/b15-11-. The third-order valence-corrected chi connectivity index (χ3v) is 6.47. The molecular weight excluding hydrogens is 394 g/mol. The molecule has 1 aromatic heterocycles. The molecule has 1 N–H and O–H groups in total. The van der Waals surface area contributed by atoms with E-state index in [0.717, 1.165) is 22.3 Å². The maximum absolute atomic E-state index is 12.5. The number of rotatable bonds is 6. The van der Waals surface area contributed by atoms with Gasteiger partial charge in [-0.25, -0.2) is 4.98 Å². The molecular formula is C20H21N3O3S2. The van der Waals surface area contributed by atoms with Crippen LogP contribution < -0.4 is 5.32 Å². The third kappa shape index (κ3) is 4.51. The average molecular weight is 416 g/mol. The second kappa shape index (κ2) is 8.70. The van der Waals surface area contributed by atoms with Gasteiger partial charge >= 0.3 is 0 Å². The summed E-state index contributed by atoms with van der Waals surface area (Å²) in [6, 6.07) is 9.38. The van der Waals surface area contributed by atoms with E-state index >= 15 is 0 Å². The van der Waals surface area contributed by atoms with Gasteiger partial charge in [0.25, 0.3) is 17.1 Å². The minimum Gasteiger partial charge on any atom is -0.349 e. The van der Waals surface area contributed by atoms with Gasteiger partial charge in [-0.1, -0.05) is 44.2 Å². The van der Waals surface area contributed by atoms with Gasteiger partial charge in [0.05, 0.1) is 15.6 Å². The van der Waals surface area contributed by atoms with Gasteiger partial charge in [-0.05, 0) is 30.3 Å². The van der Waals surface area contributed by atoms with Crippen LogP contribution in [0.2, 0.25) is 0 Å². The lowest BCUT2D eigenvalue weighted by atomic mass is 10.2. The Morgan fingerprint density at radius 3 is 2.61 bits per heavy atom. The first-order chi connectivity index (χ1) is 13.4. The molecule has 1 fully saturated rings. The van der Waals surface area contributed by atoms with Gasteiger partial charge in [-0.2, -0.15) is 0 Å². The zero-order valence-corrected chi connectivity index (χ0v) is 17.5. The number of hydrogen-bond donors (Lipinski definition) is 1. The van der Waals surface area contributed by atoms with E-state index in [1.807, 2.05) is 51.1 Å². The summed E-state index contributed by atoms with van der Waals surface area (Å²) in [5.74, 6) is -0.296. The van der Waals surface area contributed by atoms with Crippen LogP contribution in [0.3, 0.4) is 0 Å². The molecule has 28 heavy (non-hydrogen) atoms. The molecule has 6 nitrogen and oxygen atoms in total. The van der Waals surface area contributed by atoms with Crippen LogP contribution in [-0.4, -0.2) is 40.0 Å². The second-order valence-electron chi connectivity index (χ2n) is 6.62. The fourth-order valence-corrected chi connectivity index (χ4v) is 4.48. The molecule has 0 radical (unpaired) electrons. The summed E-state index contributed by atoms with van der Waals surface area (Å²) in [4.78, 5) is 43.6. The maximum Gasteiger partial charge on any atom is 0.293 e. The molecule has 0 unspecified atom stereocenters. The number of amides is 3. The molecule has 0 aliphatic carbocycles. The summed E-state index contributed by atoms with van der Waals surface area (Å²) in [5, 5.41) is 3.38. The lowest BCUT2D eigenvalue weighted by molar-refractivity contribution is -0.122. The molecule has 0 atom stereocenters. The SMILES string of the molecule is Cc1nc(C(C)C)sc1C(=O)NCCN1C(=O)S/C(=C\c2ccccc2)C1=O. The van der Waals surface area contributed by atoms with E-state index in [2.05, 4.69) is 10.3 Å². The van der Waals surface area contributed by atoms with Crippen molar-refractivity contribution in [2.24, 2.45) is 0 Å². The molecule has 0 saturated carbocycles. The highest BCUT2D eigenvalue weighted by atomic mass is 32.2. The molecule has 8 heteroatoms. The molecule has 3 amide bonds. The van der Waals surface area contributed by atoms with Gasteiger partial charge in [0.15, 0.2) is 0 Å². The highest BCUT2D eigenvalue weighted by Gasteiger charge is 2.34. The van der Waals surface area contributed by atoms with Crippen molar-refractivity contribution in [1.82, 2.24) is 15.2 Å². The average Bonchev–Trinajstić information content (AvgIpc) is 3.17. The number of thioether (sulfide) groups is 1. The highest BCUT2D eigenvalue weighted by Crippen LogP contribution is 2.31. The molecule has 1 aliphatic rings. The van der Waals surface area contributed by atoms with Gasteiger partial charge in [0.2, 0.25) is 0 Å². The van der Waals surface area contributed by atoms with Crippen molar-refractivity contribution >= 4 is 46.2 Å². The monoisotopic (exact) mass is 415 g/mol. The lowest BCUT2D eigenvalue weighted by Crippen LogP contribution is -2.37. The smallest absolute Gasteiger partial charge is 0.293 e. The number of aromatic nitrogens is 1. The van der Waals surface area contributed by atoms with Crippen molar-refractivity contribution in [3.8, 4) is 0 Å². The zero-order valence-electron chi connectivity index (χ0n) is 15.9. The quantitative estimate of drug-likeness (QED) is 0.720. The molecule has 1 saturated heterocycles. The molecule has 0 bridgehead atoms. The number of imide groups is 1. The van der Waals surface area contributed by atoms with E-state index in [1.165, 1.54) is 16.2 Å². The number of thiazole rings is 1. The van der Waals surface area contributed by atoms with Crippen LogP contribution in [0.4, 0.5) is 4.79 Å². The van der Waals surface area contributed by atoms with E-state index in [4.69, 9.17) is 0 Å². The fourth-order valence-electron chi connectivity index (χ4n) is 2.63. The summed E-state index contributed by atoms with van der Waals surface area (Å²) in [7, 11) is 0. The first-order valence-electron chi connectivity index (χ1n) is 8.92. The lowest BCUT2D eigenvalue weighted by Gasteiger charge is -2.12. The van der Waals surface area contributed by atoms with Crippen LogP contribution in [0.5, 0.6) is 0 Å². The predicted octanol–water partition coefficient (Wildman–Crippen LogP) is 4.04. The van der Waals surface area contributed by atoms with Crippen LogP contribution in [0.1, 0.15) is 45.7 Å². The first kappa shape index (κ1) is 20.3. The Bertz CT molecular complexity index is 935. The Labute approximate surface area is 172 Å². The van der Waals surface area contributed by atoms with Crippen molar-refractivity contribution in [3.63, 3.8) is 0 Å². The van der Waals surface area contributed by atoms with Gasteiger partial charge in [0.1, 0.15) is 4.88 Å². The largest absolute Gasteiger partial charge is 0.349 e. The number of nitrogens with one attached hydrogen (secondary N) is 1. The van der Waals surface area contributed by atoms with Gasteiger partial charge in [-0.15, -0.1) is 11.3 Å². The summed E-state index contributed by atoms with van der Waals surface area (Å²) < 4.78 is 0. The fraction of sp³-hybridized carbons (Fsp3) is 0.300. The van der Waals surface area contributed by atoms with E-state index in [1.54, 1.807) is 6.08 Å². The minimum atomic E-state index is -0.329. The zero-order chi connectivity index (χ0) is 20.3. The normalized spacial score (nSPS) is 15.7. The van der Waals surface area contributed by atoms with Gasteiger partial charge in [-0.3, -0.25) is 19.3 Å². The molecule has 146 valence electrons. The molecule has 2 heterocycles. The Hall–Kier alpha value is -2.45. The van der Waals surface area contributed by atoms with E-state index in [-0.39, 0.29) is 36.1 Å². The number of carbonyl (C=O) groups excluding carboxylic acids is 3. The predicted molar refractivity (Wildman–Crippen MR) is 112 cm³/mol. The Morgan fingerprint density at radius 1 is 1.25 bits per heavy atom. The van der Waals surface area contributed by atoms with Crippen LogP contribution in [-0.2, 0) is 4.79 Å². The second-order valence-corrected chi connectivity index (χ2v) is 8.65. The van der Waals surface area contributed by atoms with Gasteiger partial charge in [0, 0.05) is 19.0 Å². The first-order valence-corrected chi connectivity index (χ1v) is 10.6. The number of nitrogens with zero attached hydrogens (tertiary/aromatic N) is 2. The number of hydrogen-bond acceptors (Lipinski definition) is 6. The topological polar surface area (TPSA) is 79.4 Å². The Morgan fingerprint density at radius 2 is 1.96 bits per heavy atom. The van der Waals surface area contributed by atoms with Crippen LogP contribution >= 0.6 is 23.1 Å². The van der Waals surface area contributed by atoms with E-state index < -0.39 is 0 Å². The van der Waals surface area contributed by atoms with Crippen molar-refractivity contribution in [2.45, 2.75) is 26.7 Å². The summed E-state index contributed by atoms with van der Waals surface area (Å²) in [6.07, 6.45) is 1.71. The Kier molecular flexibility index (Phi) is 6.31. The highest BCUT2D eigenvalue weighted by molar-refractivity contribution is 8.18. The van der Waals surface area contributed by atoms with E-state index in [0.29, 0.717) is 15.5 Å². The van der Waals surface area contributed by atoms with E-state index in [9.17, 15) is 14.4 Å². The number of carbonyl (C=O) groups is 3.